The molecule has 1 heterocycles. The zero-order chi connectivity index (χ0) is 11.7. The van der Waals surface area contributed by atoms with Gasteiger partial charge in [-0.1, -0.05) is 12.8 Å². The lowest BCUT2D eigenvalue weighted by atomic mass is 10.0. The Morgan fingerprint density at radius 2 is 1.94 bits per heavy atom. The average Bonchev–Trinajstić information content (AvgIpc) is 3.06. The van der Waals surface area contributed by atoms with Crippen LogP contribution in [0, 0.1) is 0 Å². The molecule has 0 aliphatic heterocycles. The molecule has 1 aromatic heterocycles. The molecule has 3 heteroatoms. The predicted molar refractivity (Wildman–Crippen MR) is 65.2 cm³/mol. The van der Waals surface area contributed by atoms with Gasteiger partial charge in [0.1, 0.15) is 0 Å². The lowest BCUT2D eigenvalue weighted by Gasteiger charge is -2.11. The van der Waals surface area contributed by atoms with Gasteiger partial charge in [-0.25, -0.2) is 4.79 Å². The van der Waals surface area contributed by atoms with Crippen molar-refractivity contribution in [3.8, 4) is 0 Å². The molecule has 0 bridgehead atoms. The Hall–Kier alpha value is -1.47. The Morgan fingerprint density at radius 1 is 1.18 bits per heavy atom. The van der Waals surface area contributed by atoms with Gasteiger partial charge >= 0.3 is 0 Å². The lowest BCUT2D eigenvalue weighted by Crippen LogP contribution is -1.98. The fraction of sp³-hybridized carbons (Fsp3) is 0.571. The molecule has 2 saturated carbocycles. The molecule has 0 spiro atoms. The first kappa shape index (κ1) is 10.7. The number of pyridine rings is 1. The van der Waals surface area contributed by atoms with Crippen molar-refractivity contribution in [3.05, 3.63) is 23.5 Å². The first-order valence-electron chi connectivity index (χ1n) is 6.46. The number of hydrogen-bond donors (Lipinski definition) is 0. The number of aromatic nitrogens is 1. The van der Waals surface area contributed by atoms with Crippen LogP contribution in [0.5, 0.6) is 0 Å². The standard InChI is InChI=1S/C14H16N2O/c17-9-16-13-7-12(10-5-6-10)8-15-14(13)11-3-1-2-4-11/h7-8,10-11H,1-6H2. The number of rotatable bonds is 3. The van der Waals surface area contributed by atoms with E-state index in [-0.39, 0.29) is 0 Å². The van der Waals surface area contributed by atoms with E-state index in [0.29, 0.717) is 11.8 Å². The number of carbonyl (C=O) groups excluding carboxylic acids is 1. The zero-order valence-electron chi connectivity index (χ0n) is 9.85. The summed E-state index contributed by atoms with van der Waals surface area (Å²) in [6, 6.07) is 2.04. The van der Waals surface area contributed by atoms with E-state index in [1.165, 1.54) is 44.1 Å². The summed E-state index contributed by atoms with van der Waals surface area (Å²) in [5, 5.41) is 0. The first-order chi connectivity index (χ1) is 8.38. The highest BCUT2D eigenvalue weighted by Crippen LogP contribution is 2.43. The second kappa shape index (κ2) is 4.42. The van der Waals surface area contributed by atoms with Gasteiger partial charge in [-0.3, -0.25) is 4.98 Å². The van der Waals surface area contributed by atoms with Crippen LogP contribution in [-0.2, 0) is 4.79 Å². The Balaban J connectivity index is 1.97. The summed E-state index contributed by atoms with van der Waals surface area (Å²) in [6.45, 7) is 0. The molecule has 0 aromatic carbocycles. The molecule has 17 heavy (non-hydrogen) atoms. The summed E-state index contributed by atoms with van der Waals surface area (Å²) >= 11 is 0. The minimum absolute atomic E-state index is 0.496. The predicted octanol–water partition coefficient (Wildman–Crippen LogP) is 3.58. The van der Waals surface area contributed by atoms with Crippen molar-refractivity contribution >= 4 is 11.8 Å². The number of hydrogen-bond acceptors (Lipinski definition) is 3. The molecule has 88 valence electrons. The van der Waals surface area contributed by atoms with Crippen molar-refractivity contribution in [3.63, 3.8) is 0 Å². The summed E-state index contributed by atoms with van der Waals surface area (Å²) in [6.07, 6.45) is 11.0. The van der Waals surface area contributed by atoms with Crippen molar-refractivity contribution in [2.24, 2.45) is 4.99 Å². The SMILES string of the molecule is O=C=Nc1cc(C2CC2)cnc1C1CCCC1. The average molecular weight is 228 g/mol. The van der Waals surface area contributed by atoms with Crippen LogP contribution in [0.2, 0.25) is 0 Å². The van der Waals surface area contributed by atoms with E-state index in [1.807, 2.05) is 12.3 Å². The molecule has 2 aliphatic carbocycles. The van der Waals surface area contributed by atoms with Crippen LogP contribution in [0.25, 0.3) is 0 Å². The summed E-state index contributed by atoms with van der Waals surface area (Å²) in [4.78, 5) is 18.9. The molecule has 2 fully saturated rings. The van der Waals surface area contributed by atoms with E-state index in [9.17, 15) is 4.79 Å². The van der Waals surface area contributed by atoms with Gasteiger partial charge < -0.3 is 0 Å². The van der Waals surface area contributed by atoms with Crippen LogP contribution in [0.1, 0.15) is 61.6 Å². The maximum atomic E-state index is 10.5. The monoisotopic (exact) mass is 228 g/mol. The molecule has 0 radical (unpaired) electrons. The molecule has 0 N–H and O–H groups in total. The molecular formula is C14H16N2O. The third kappa shape index (κ3) is 2.16. The second-order valence-corrected chi connectivity index (χ2v) is 5.13. The number of aliphatic imine (C=N–C) groups is 1. The second-order valence-electron chi connectivity index (χ2n) is 5.13. The van der Waals surface area contributed by atoms with Crippen LogP contribution < -0.4 is 0 Å². The highest BCUT2D eigenvalue weighted by Gasteiger charge is 2.27. The summed E-state index contributed by atoms with van der Waals surface area (Å²) in [5.74, 6) is 1.15. The molecule has 0 unspecified atom stereocenters. The summed E-state index contributed by atoms with van der Waals surface area (Å²) in [7, 11) is 0. The Labute approximate surface area is 101 Å². The first-order valence-corrected chi connectivity index (χ1v) is 6.46. The topological polar surface area (TPSA) is 42.3 Å². The largest absolute Gasteiger partial charge is 0.258 e. The van der Waals surface area contributed by atoms with Gasteiger partial charge in [0, 0.05) is 12.1 Å². The molecule has 2 aliphatic rings. The minimum atomic E-state index is 0.496. The van der Waals surface area contributed by atoms with Crippen molar-refractivity contribution in [2.45, 2.75) is 50.4 Å². The highest BCUT2D eigenvalue weighted by molar-refractivity contribution is 5.54. The quantitative estimate of drug-likeness (QED) is 0.586. The lowest BCUT2D eigenvalue weighted by molar-refractivity contribution is 0.565. The van der Waals surface area contributed by atoms with Crippen molar-refractivity contribution in [1.29, 1.82) is 0 Å². The minimum Gasteiger partial charge on any atom is -0.258 e. The fourth-order valence-corrected chi connectivity index (χ4v) is 2.77. The van der Waals surface area contributed by atoms with E-state index in [0.717, 1.165) is 11.4 Å². The van der Waals surface area contributed by atoms with Crippen LogP contribution in [0.4, 0.5) is 5.69 Å². The fourth-order valence-electron chi connectivity index (χ4n) is 2.77. The van der Waals surface area contributed by atoms with Crippen molar-refractivity contribution in [1.82, 2.24) is 4.98 Å². The molecule has 3 nitrogen and oxygen atoms in total. The van der Waals surface area contributed by atoms with Crippen LogP contribution in [0.15, 0.2) is 17.3 Å². The zero-order valence-corrected chi connectivity index (χ0v) is 9.85. The molecule has 0 saturated heterocycles. The third-order valence-corrected chi connectivity index (χ3v) is 3.88. The smallest absolute Gasteiger partial charge is 0.240 e. The normalized spacial score (nSPS) is 20.2. The van der Waals surface area contributed by atoms with Crippen LogP contribution in [0.3, 0.4) is 0 Å². The maximum absolute atomic E-state index is 10.5. The molecular weight excluding hydrogens is 212 g/mol. The van der Waals surface area contributed by atoms with Crippen molar-refractivity contribution < 1.29 is 4.79 Å². The van der Waals surface area contributed by atoms with Crippen LogP contribution in [-0.4, -0.2) is 11.1 Å². The van der Waals surface area contributed by atoms with Gasteiger partial charge in [-0.2, -0.15) is 4.99 Å². The third-order valence-electron chi connectivity index (χ3n) is 3.88. The Kier molecular flexibility index (Phi) is 2.77. The molecule has 0 amide bonds. The van der Waals surface area contributed by atoms with Gasteiger partial charge in [0.2, 0.25) is 6.08 Å². The van der Waals surface area contributed by atoms with Gasteiger partial charge in [-0.15, -0.1) is 0 Å². The van der Waals surface area contributed by atoms with E-state index in [2.05, 4.69) is 9.98 Å². The van der Waals surface area contributed by atoms with Gasteiger partial charge in [-0.05, 0) is 43.2 Å². The number of nitrogens with zero attached hydrogens (tertiary/aromatic N) is 2. The Bertz CT molecular complexity index is 467. The van der Waals surface area contributed by atoms with E-state index < -0.39 is 0 Å². The Morgan fingerprint density at radius 3 is 2.59 bits per heavy atom. The van der Waals surface area contributed by atoms with E-state index in [4.69, 9.17) is 0 Å². The van der Waals surface area contributed by atoms with Gasteiger partial charge in [0.15, 0.2) is 0 Å². The van der Waals surface area contributed by atoms with Crippen molar-refractivity contribution in [2.75, 3.05) is 0 Å². The maximum Gasteiger partial charge on any atom is 0.240 e. The molecule has 0 atom stereocenters. The van der Waals surface area contributed by atoms with E-state index in [1.54, 1.807) is 6.08 Å². The van der Waals surface area contributed by atoms with Gasteiger partial charge in [0.25, 0.3) is 0 Å². The number of isocyanates is 1. The van der Waals surface area contributed by atoms with Crippen LogP contribution >= 0.6 is 0 Å². The van der Waals surface area contributed by atoms with E-state index >= 15 is 0 Å². The highest BCUT2D eigenvalue weighted by atomic mass is 16.1. The summed E-state index contributed by atoms with van der Waals surface area (Å²) in [5.41, 5.74) is 3.01. The van der Waals surface area contributed by atoms with Gasteiger partial charge in [0.05, 0.1) is 11.4 Å². The molecule has 3 rings (SSSR count). The molecule has 1 aromatic rings. The summed E-state index contributed by atoms with van der Waals surface area (Å²) < 4.78 is 0.